The molecular formula is C20H27F3IN5OS. The Labute approximate surface area is 201 Å². The van der Waals surface area contributed by atoms with Crippen molar-refractivity contribution >= 4 is 47.0 Å². The second-order valence-corrected chi connectivity index (χ2v) is 7.70. The third kappa shape index (κ3) is 6.86. The van der Waals surface area contributed by atoms with E-state index in [-0.39, 0.29) is 24.0 Å². The fraction of sp³-hybridized carbons (Fsp3) is 0.500. The van der Waals surface area contributed by atoms with Crippen LogP contribution in [-0.4, -0.2) is 62.2 Å². The molecule has 1 aromatic carbocycles. The predicted molar refractivity (Wildman–Crippen MR) is 129 cm³/mol. The largest absolute Gasteiger partial charge is 0.495 e. The maximum Gasteiger partial charge on any atom is 0.434 e. The molecule has 172 valence electrons. The Morgan fingerprint density at radius 2 is 1.94 bits per heavy atom. The maximum absolute atomic E-state index is 12.7. The first-order valence-electron chi connectivity index (χ1n) is 9.85. The molecule has 0 amide bonds. The molecule has 2 aromatic rings. The molecule has 0 saturated carbocycles. The van der Waals surface area contributed by atoms with Crippen LogP contribution >= 0.6 is 35.3 Å². The maximum atomic E-state index is 12.7. The molecule has 11 heteroatoms. The van der Waals surface area contributed by atoms with Gasteiger partial charge >= 0.3 is 6.18 Å². The number of benzene rings is 1. The highest BCUT2D eigenvalue weighted by Crippen LogP contribution is 2.30. The van der Waals surface area contributed by atoms with Crippen LogP contribution < -0.4 is 15.0 Å². The first-order valence-corrected chi connectivity index (χ1v) is 10.7. The van der Waals surface area contributed by atoms with Crippen LogP contribution in [-0.2, 0) is 12.6 Å². The fourth-order valence-corrected chi connectivity index (χ4v) is 4.08. The number of methoxy groups -OCH3 is 1. The molecule has 0 atom stereocenters. The van der Waals surface area contributed by atoms with E-state index in [2.05, 4.69) is 31.2 Å². The lowest BCUT2D eigenvalue weighted by atomic mass is 10.2. The fourth-order valence-electron chi connectivity index (χ4n) is 3.29. The van der Waals surface area contributed by atoms with Crippen molar-refractivity contribution in [2.45, 2.75) is 19.5 Å². The van der Waals surface area contributed by atoms with Crippen LogP contribution in [0, 0.1) is 0 Å². The standard InChI is InChI=1S/C20H26F3N5OS.HI/c1-3-24-19(25-9-8-18-26-17(14-30-18)20(21,22)23)28-12-10-27(11-13-28)15-6-4-5-7-16(15)29-2;/h4-7,14H,3,8-13H2,1-2H3,(H,24,25);1H. The number of thiazole rings is 1. The number of guanidine groups is 1. The minimum Gasteiger partial charge on any atom is -0.495 e. The van der Waals surface area contributed by atoms with Gasteiger partial charge in [0.15, 0.2) is 11.7 Å². The van der Waals surface area contributed by atoms with E-state index in [0.717, 1.165) is 66.8 Å². The van der Waals surface area contributed by atoms with E-state index in [1.807, 2.05) is 25.1 Å². The number of piperazine rings is 1. The summed E-state index contributed by atoms with van der Waals surface area (Å²) in [6.07, 6.45) is -4.01. The van der Waals surface area contributed by atoms with Gasteiger partial charge in [-0.05, 0) is 19.1 Å². The van der Waals surface area contributed by atoms with E-state index >= 15 is 0 Å². The third-order valence-corrected chi connectivity index (χ3v) is 5.68. The van der Waals surface area contributed by atoms with E-state index in [9.17, 15) is 13.2 Å². The van der Waals surface area contributed by atoms with Crippen LogP contribution in [0.4, 0.5) is 18.9 Å². The number of hydrogen-bond donors (Lipinski definition) is 1. The summed E-state index contributed by atoms with van der Waals surface area (Å²) in [4.78, 5) is 12.7. The van der Waals surface area contributed by atoms with E-state index in [1.54, 1.807) is 7.11 Å². The van der Waals surface area contributed by atoms with Gasteiger partial charge in [0.25, 0.3) is 0 Å². The van der Waals surface area contributed by atoms with Crippen molar-refractivity contribution in [3.05, 3.63) is 40.3 Å². The van der Waals surface area contributed by atoms with Crippen molar-refractivity contribution in [1.29, 1.82) is 0 Å². The molecule has 0 bridgehead atoms. The lowest BCUT2D eigenvalue weighted by Crippen LogP contribution is -2.52. The van der Waals surface area contributed by atoms with Gasteiger partial charge in [-0.2, -0.15) is 13.2 Å². The lowest BCUT2D eigenvalue weighted by Gasteiger charge is -2.38. The number of aromatic nitrogens is 1. The first-order chi connectivity index (χ1) is 14.4. The minimum absolute atomic E-state index is 0. The van der Waals surface area contributed by atoms with Gasteiger partial charge in [-0.25, -0.2) is 4.98 Å². The van der Waals surface area contributed by atoms with Crippen molar-refractivity contribution < 1.29 is 17.9 Å². The number of nitrogens with one attached hydrogen (secondary N) is 1. The Balaban J connectivity index is 0.00000341. The molecule has 1 fully saturated rings. The van der Waals surface area contributed by atoms with Gasteiger partial charge in [-0.1, -0.05) is 12.1 Å². The Morgan fingerprint density at radius 3 is 2.55 bits per heavy atom. The molecule has 2 heterocycles. The smallest absolute Gasteiger partial charge is 0.434 e. The number of hydrogen-bond acceptors (Lipinski definition) is 5. The van der Waals surface area contributed by atoms with Crippen molar-refractivity contribution in [2.75, 3.05) is 51.3 Å². The SMILES string of the molecule is CCNC(=NCCc1nc(C(F)(F)F)cs1)N1CCN(c2ccccc2OC)CC1.I. The monoisotopic (exact) mass is 569 g/mol. The average Bonchev–Trinajstić information content (AvgIpc) is 3.23. The van der Waals surface area contributed by atoms with Crippen LogP contribution in [0.2, 0.25) is 0 Å². The minimum atomic E-state index is -4.39. The third-order valence-electron chi connectivity index (χ3n) is 4.77. The van der Waals surface area contributed by atoms with Gasteiger partial charge < -0.3 is 19.9 Å². The summed E-state index contributed by atoms with van der Waals surface area (Å²) >= 11 is 1.03. The second-order valence-electron chi connectivity index (χ2n) is 6.76. The van der Waals surface area contributed by atoms with Crippen LogP contribution in [0.1, 0.15) is 17.6 Å². The highest BCUT2D eigenvalue weighted by Gasteiger charge is 2.33. The molecule has 31 heavy (non-hydrogen) atoms. The van der Waals surface area contributed by atoms with E-state index < -0.39 is 11.9 Å². The molecule has 1 aliphatic heterocycles. The number of aliphatic imine (C=N–C) groups is 1. The van der Waals surface area contributed by atoms with Gasteiger partial charge in [-0.15, -0.1) is 35.3 Å². The number of alkyl halides is 3. The summed E-state index contributed by atoms with van der Waals surface area (Å²) < 4.78 is 43.5. The van der Waals surface area contributed by atoms with Gasteiger partial charge in [-0.3, -0.25) is 4.99 Å². The average molecular weight is 569 g/mol. The molecule has 1 saturated heterocycles. The normalized spacial score (nSPS) is 14.9. The zero-order valence-electron chi connectivity index (χ0n) is 17.5. The predicted octanol–water partition coefficient (Wildman–Crippen LogP) is 4.12. The van der Waals surface area contributed by atoms with E-state index in [1.165, 1.54) is 0 Å². The molecule has 0 aliphatic carbocycles. The van der Waals surface area contributed by atoms with Crippen LogP contribution in [0.3, 0.4) is 0 Å². The number of ether oxygens (including phenoxy) is 1. The number of halogens is 4. The highest BCUT2D eigenvalue weighted by molar-refractivity contribution is 14.0. The molecule has 6 nitrogen and oxygen atoms in total. The van der Waals surface area contributed by atoms with Gasteiger partial charge in [0.05, 0.1) is 17.8 Å². The summed E-state index contributed by atoms with van der Waals surface area (Å²) in [5.41, 5.74) is 0.247. The lowest BCUT2D eigenvalue weighted by molar-refractivity contribution is -0.140. The summed E-state index contributed by atoms with van der Waals surface area (Å²) in [6, 6.07) is 7.96. The summed E-state index contributed by atoms with van der Waals surface area (Å²) in [5.74, 6) is 1.64. The van der Waals surface area contributed by atoms with Crippen molar-refractivity contribution in [3.63, 3.8) is 0 Å². The zero-order chi connectivity index (χ0) is 21.6. The Kier molecular flexibility index (Phi) is 9.66. The molecule has 3 rings (SSSR count). The summed E-state index contributed by atoms with van der Waals surface area (Å²) in [6.45, 7) is 6.34. The molecular weight excluding hydrogens is 542 g/mol. The quantitative estimate of drug-likeness (QED) is 0.323. The van der Waals surface area contributed by atoms with E-state index in [4.69, 9.17) is 4.74 Å². The summed E-state index contributed by atoms with van der Waals surface area (Å²) in [7, 11) is 1.67. The Bertz CT molecular complexity index is 853. The number of anilines is 1. The zero-order valence-corrected chi connectivity index (χ0v) is 20.6. The van der Waals surface area contributed by atoms with Gasteiger partial charge in [0.1, 0.15) is 5.75 Å². The Hall–Kier alpha value is -1.76. The topological polar surface area (TPSA) is 53.0 Å². The molecule has 0 unspecified atom stereocenters. The molecule has 1 N–H and O–H groups in total. The number of rotatable bonds is 6. The van der Waals surface area contributed by atoms with Crippen molar-refractivity contribution in [2.24, 2.45) is 4.99 Å². The van der Waals surface area contributed by atoms with Crippen LogP contribution in [0.5, 0.6) is 5.75 Å². The molecule has 1 aromatic heterocycles. The number of para-hydroxylation sites is 2. The summed E-state index contributed by atoms with van der Waals surface area (Å²) in [5, 5.41) is 4.78. The van der Waals surface area contributed by atoms with Crippen LogP contribution in [0.15, 0.2) is 34.6 Å². The Morgan fingerprint density at radius 1 is 1.23 bits per heavy atom. The number of nitrogens with zero attached hydrogens (tertiary/aromatic N) is 4. The van der Waals surface area contributed by atoms with Crippen molar-refractivity contribution in [3.8, 4) is 5.75 Å². The molecule has 0 radical (unpaired) electrons. The van der Waals surface area contributed by atoms with Gasteiger partial charge in [0, 0.05) is 51.1 Å². The first kappa shape index (κ1) is 25.5. The second kappa shape index (κ2) is 11.7. The van der Waals surface area contributed by atoms with Gasteiger partial charge in [0.2, 0.25) is 0 Å². The highest BCUT2D eigenvalue weighted by atomic mass is 127. The van der Waals surface area contributed by atoms with Crippen LogP contribution in [0.25, 0.3) is 0 Å². The van der Waals surface area contributed by atoms with E-state index in [0.29, 0.717) is 18.0 Å². The molecule has 0 spiro atoms. The van der Waals surface area contributed by atoms with Crippen molar-refractivity contribution in [1.82, 2.24) is 15.2 Å². The molecule has 1 aliphatic rings.